The minimum Gasteiger partial charge on any atom is -0.341 e. The Labute approximate surface area is 138 Å². The number of nitrogens with one attached hydrogen (secondary N) is 1. The molecule has 2 aromatic carbocycles. The van der Waals surface area contributed by atoms with E-state index >= 15 is 0 Å². The Morgan fingerprint density at radius 2 is 1.83 bits per heavy atom. The summed E-state index contributed by atoms with van der Waals surface area (Å²) in [5, 5.41) is 14.9. The lowest BCUT2D eigenvalue weighted by molar-refractivity contribution is 0.810. The summed E-state index contributed by atoms with van der Waals surface area (Å²) in [5.41, 5.74) is 3.49. The van der Waals surface area contributed by atoms with Crippen LogP contribution in [0.4, 0.5) is 10.8 Å². The van der Waals surface area contributed by atoms with Gasteiger partial charge in [0.15, 0.2) is 0 Å². The second kappa shape index (κ2) is 5.85. The van der Waals surface area contributed by atoms with Gasteiger partial charge in [0.1, 0.15) is 5.01 Å². The summed E-state index contributed by atoms with van der Waals surface area (Å²) in [6, 6.07) is 18.8. The van der Waals surface area contributed by atoms with Crippen LogP contribution in [0.1, 0.15) is 10.6 Å². The third-order valence-corrected chi connectivity index (χ3v) is 4.58. The van der Waals surface area contributed by atoms with Crippen LogP contribution in [0, 0.1) is 6.92 Å². The van der Waals surface area contributed by atoms with Gasteiger partial charge in [-0.1, -0.05) is 47.2 Å². The number of benzene rings is 2. The molecular formula is C18H16N4S. The zero-order chi connectivity index (χ0) is 15.6. The Morgan fingerprint density at radius 3 is 2.70 bits per heavy atom. The van der Waals surface area contributed by atoms with Crippen molar-refractivity contribution < 1.29 is 0 Å². The molecule has 4 aromatic rings. The van der Waals surface area contributed by atoms with Crippen molar-refractivity contribution in [2.24, 2.45) is 0 Å². The number of fused-ring (bicyclic) bond motifs is 1. The van der Waals surface area contributed by atoms with Gasteiger partial charge in [-0.3, -0.25) is 0 Å². The minimum absolute atomic E-state index is 0.737. The molecule has 2 aromatic heterocycles. The van der Waals surface area contributed by atoms with Crippen LogP contribution in [0.15, 0.2) is 60.8 Å². The first-order chi connectivity index (χ1) is 11.3. The lowest BCUT2D eigenvalue weighted by Gasteiger charge is -2.02. The Morgan fingerprint density at radius 1 is 1.00 bits per heavy atom. The van der Waals surface area contributed by atoms with Gasteiger partial charge >= 0.3 is 0 Å². The third kappa shape index (κ3) is 2.96. The van der Waals surface area contributed by atoms with Crippen molar-refractivity contribution in [2.75, 3.05) is 5.32 Å². The van der Waals surface area contributed by atoms with Gasteiger partial charge in [0.25, 0.3) is 0 Å². The summed E-state index contributed by atoms with van der Waals surface area (Å²) in [4.78, 5) is 0. The van der Waals surface area contributed by atoms with Gasteiger partial charge in [-0.25, -0.2) is 0 Å². The molecular weight excluding hydrogens is 304 g/mol. The minimum atomic E-state index is 0.737. The van der Waals surface area contributed by atoms with E-state index in [1.165, 1.54) is 16.5 Å². The Bertz CT molecular complexity index is 937. The fraction of sp³-hybridized carbons (Fsp3) is 0.111. The maximum Gasteiger partial charge on any atom is 0.210 e. The van der Waals surface area contributed by atoms with Crippen molar-refractivity contribution in [1.82, 2.24) is 14.8 Å². The molecule has 0 aliphatic carbocycles. The van der Waals surface area contributed by atoms with Gasteiger partial charge in [0, 0.05) is 17.4 Å². The molecule has 0 spiro atoms. The van der Waals surface area contributed by atoms with Crippen LogP contribution >= 0.6 is 11.3 Å². The summed E-state index contributed by atoms with van der Waals surface area (Å²) >= 11 is 1.58. The van der Waals surface area contributed by atoms with Gasteiger partial charge in [-0.2, -0.15) is 0 Å². The maximum absolute atomic E-state index is 4.30. The van der Waals surface area contributed by atoms with Crippen LogP contribution < -0.4 is 5.32 Å². The quantitative estimate of drug-likeness (QED) is 0.598. The lowest BCUT2D eigenvalue weighted by Crippen LogP contribution is -1.96. The first-order valence-electron chi connectivity index (χ1n) is 7.48. The number of aromatic nitrogens is 3. The molecule has 0 aliphatic rings. The van der Waals surface area contributed by atoms with E-state index in [4.69, 9.17) is 0 Å². The van der Waals surface area contributed by atoms with E-state index in [0.717, 1.165) is 22.4 Å². The van der Waals surface area contributed by atoms with E-state index in [0.29, 0.717) is 0 Å². The largest absolute Gasteiger partial charge is 0.341 e. The molecule has 0 unspecified atom stereocenters. The van der Waals surface area contributed by atoms with E-state index in [1.54, 1.807) is 11.3 Å². The van der Waals surface area contributed by atoms with Gasteiger partial charge < -0.3 is 9.88 Å². The smallest absolute Gasteiger partial charge is 0.210 e. The van der Waals surface area contributed by atoms with Crippen molar-refractivity contribution >= 4 is 33.1 Å². The molecule has 4 rings (SSSR count). The summed E-state index contributed by atoms with van der Waals surface area (Å²) in [6.07, 6.45) is 2.10. The molecule has 0 bridgehead atoms. The highest BCUT2D eigenvalue weighted by atomic mass is 32.1. The highest BCUT2D eigenvalue weighted by molar-refractivity contribution is 7.15. The summed E-state index contributed by atoms with van der Waals surface area (Å²) in [7, 11) is 0. The average molecular weight is 320 g/mol. The molecule has 1 N–H and O–H groups in total. The fourth-order valence-corrected chi connectivity index (χ4v) is 3.31. The number of rotatable bonds is 4. The first kappa shape index (κ1) is 14.0. The molecule has 0 amide bonds. The first-order valence-corrected chi connectivity index (χ1v) is 8.29. The summed E-state index contributed by atoms with van der Waals surface area (Å²) in [6.45, 7) is 2.81. The normalized spacial score (nSPS) is 11.0. The van der Waals surface area contributed by atoms with Gasteiger partial charge in [-0.15, -0.1) is 10.2 Å². The zero-order valence-corrected chi connectivity index (χ0v) is 13.5. The highest BCUT2D eigenvalue weighted by Gasteiger charge is 2.07. The van der Waals surface area contributed by atoms with E-state index in [1.807, 2.05) is 0 Å². The number of hydrogen-bond acceptors (Lipinski definition) is 4. The average Bonchev–Trinajstić information content (AvgIpc) is 3.18. The molecule has 0 saturated heterocycles. The lowest BCUT2D eigenvalue weighted by atomic mass is 10.2. The van der Waals surface area contributed by atoms with Crippen LogP contribution in [0.2, 0.25) is 0 Å². The number of hydrogen-bond donors (Lipinski definition) is 1. The van der Waals surface area contributed by atoms with E-state index in [2.05, 4.69) is 87.8 Å². The number of nitrogens with zero attached hydrogens (tertiary/aromatic N) is 3. The Balaban J connectivity index is 1.52. The van der Waals surface area contributed by atoms with E-state index in [9.17, 15) is 0 Å². The Kier molecular flexibility index (Phi) is 3.55. The molecule has 0 fully saturated rings. The maximum atomic E-state index is 4.30. The molecule has 4 nitrogen and oxygen atoms in total. The highest BCUT2D eigenvalue weighted by Crippen LogP contribution is 2.23. The van der Waals surface area contributed by atoms with Crippen LogP contribution in [0.25, 0.3) is 10.9 Å². The summed E-state index contributed by atoms with van der Waals surface area (Å²) < 4.78 is 2.20. The van der Waals surface area contributed by atoms with Crippen molar-refractivity contribution in [3.63, 3.8) is 0 Å². The Hall–Kier alpha value is -2.66. The predicted molar refractivity (Wildman–Crippen MR) is 95.4 cm³/mol. The molecule has 0 aliphatic heterocycles. The standard InChI is InChI=1S/C18H16N4S/c1-13-6-8-15(9-7-13)19-18-21-20-17(23-18)12-22-11-10-14-4-2-3-5-16(14)22/h2-11H,12H2,1H3,(H,19,21). The summed E-state index contributed by atoms with van der Waals surface area (Å²) in [5.74, 6) is 0. The number of para-hydroxylation sites is 1. The van der Waals surface area contributed by atoms with Crippen molar-refractivity contribution in [2.45, 2.75) is 13.5 Å². The second-order valence-corrected chi connectivity index (χ2v) is 6.56. The van der Waals surface area contributed by atoms with E-state index < -0.39 is 0 Å². The molecule has 114 valence electrons. The monoisotopic (exact) mass is 320 g/mol. The van der Waals surface area contributed by atoms with Crippen LogP contribution in [0.3, 0.4) is 0 Å². The molecule has 23 heavy (non-hydrogen) atoms. The number of anilines is 2. The second-order valence-electron chi connectivity index (χ2n) is 5.49. The van der Waals surface area contributed by atoms with E-state index in [-0.39, 0.29) is 0 Å². The zero-order valence-electron chi connectivity index (χ0n) is 12.7. The number of aryl methyl sites for hydroxylation is 1. The van der Waals surface area contributed by atoms with Gasteiger partial charge in [0.05, 0.1) is 6.54 Å². The molecule has 5 heteroatoms. The van der Waals surface area contributed by atoms with Gasteiger partial charge in [-0.05, 0) is 36.6 Å². The van der Waals surface area contributed by atoms with Crippen LogP contribution in [-0.4, -0.2) is 14.8 Å². The third-order valence-electron chi connectivity index (χ3n) is 3.76. The van der Waals surface area contributed by atoms with Gasteiger partial charge in [0.2, 0.25) is 5.13 Å². The molecule has 0 saturated carbocycles. The molecule has 2 heterocycles. The van der Waals surface area contributed by atoms with Crippen molar-refractivity contribution in [1.29, 1.82) is 0 Å². The topological polar surface area (TPSA) is 42.7 Å². The predicted octanol–water partition coefficient (Wildman–Crippen LogP) is 4.59. The van der Waals surface area contributed by atoms with Crippen molar-refractivity contribution in [3.05, 3.63) is 71.4 Å². The SMILES string of the molecule is Cc1ccc(Nc2nnc(Cn3ccc4ccccc43)s2)cc1. The fourth-order valence-electron chi connectivity index (χ4n) is 2.55. The molecule has 0 radical (unpaired) electrons. The van der Waals surface area contributed by atoms with Crippen molar-refractivity contribution in [3.8, 4) is 0 Å². The van der Waals surface area contributed by atoms with Crippen LogP contribution in [0.5, 0.6) is 0 Å². The van der Waals surface area contributed by atoms with Crippen LogP contribution in [-0.2, 0) is 6.54 Å². The molecule has 0 atom stereocenters.